The van der Waals surface area contributed by atoms with Crippen molar-refractivity contribution >= 4 is 28.4 Å². The first-order valence-corrected chi connectivity index (χ1v) is 7.51. The Bertz CT molecular complexity index is 860. The van der Waals surface area contributed by atoms with Crippen molar-refractivity contribution in [3.8, 4) is 0 Å². The summed E-state index contributed by atoms with van der Waals surface area (Å²) in [6, 6.07) is 12.9. The van der Waals surface area contributed by atoms with E-state index in [1.54, 1.807) is 30.7 Å². The number of nitrogens with zero attached hydrogens (tertiary/aromatic N) is 2. The number of pyridine rings is 2. The van der Waals surface area contributed by atoms with Gasteiger partial charge in [0.25, 0.3) is 0 Å². The van der Waals surface area contributed by atoms with Crippen LogP contribution in [0.1, 0.15) is 12.0 Å². The molecule has 0 spiro atoms. The fourth-order valence-corrected chi connectivity index (χ4v) is 2.31. The maximum Gasteiger partial charge on any atom is 0.233 e. The summed E-state index contributed by atoms with van der Waals surface area (Å²) in [6.07, 6.45) is 4.75. The normalized spacial score (nSPS) is 10.3. The van der Waals surface area contributed by atoms with Gasteiger partial charge in [0.2, 0.25) is 11.8 Å². The molecule has 0 bridgehead atoms. The minimum atomic E-state index is -0.378. The van der Waals surface area contributed by atoms with Crippen LogP contribution in [0.15, 0.2) is 61.1 Å². The molecule has 1 aromatic carbocycles. The number of hydrogen-bond acceptors (Lipinski definition) is 4. The van der Waals surface area contributed by atoms with Gasteiger partial charge in [0, 0.05) is 30.5 Å². The van der Waals surface area contributed by atoms with E-state index in [4.69, 9.17) is 0 Å². The number of para-hydroxylation sites is 1. The Morgan fingerprint density at radius 1 is 0.958 bits per heavy atom. The zero-order valence-corrected chi connectivity index (χ0v) is 12.9. The second-order valence-electron chi connectivity index (χ2n) is 5.24. The number of nitrogens with one attached hydrogen (secondary N) is 2. The highest BCUT2D eigenvalue weighted by Gasteiger charge is 2.11. The summed E-state index contributed by atoms with van der Waals surface area (Å²) in [7, 11) is 0. The van der Waals surface area contributed by atoms with Crippen molar-refractivity contribution in [1.82, 2.24) is 15.3 Å². The number of amides is 2. The number of carbonyl (C=O) groups is 2. The third kappa shape index (κ3) is 3.92. The number of hydrogen-bond donors (Lipinski definition) is 2. The monoisotopic (exact) mass is 320 g/mol. The summed E-state index contributed by atoms with van der Waals surface area (Å²) < 4.78 is 0. The molecule has 0 radical (unpaired) electrons. The summed E-state index contributed by atoms with van der Waals surface area (Å²) >= 11 is 0. The Hall–Kier alpha value is -3.28. The van der Waals surface area contributed by atoms with Crippen LogP contribution in [0.5, 0.6) is 0 Å². The third-order valence-corrected chi connectivity index (χ3v) is 3.44. The molecule has 3 aromatic rings. The molecule has 6 heteroatoms. The first kappa shape index (κ1) is 15.6. The Morgan fingerprint density at radius 3 is 2.62 bits per heavy atom. The molecule has 0 aliphatic rings. The molecule has 0 aliphatic heterocycles. The number of fused-ring (bicyclic) bond motifs is 1. The van der Waals surface area contributed by atoms with Gasteiger partial charge < -0.3 is 10.6 Å². The number of aromatic nitrogens is 2. The zero-order valence-electron chi connectivity index (χ0n) is 12.9. The van der Waals surface area contributed by atoms with Crippen molar-refractivity contribution in [1.29, 1.82) is 0 Å². The highest BCUT2D eigenvalue weighted by Crippen LogP contribution is 2.20. The lowest BCUT2D eigenvalue weighted by Gasteiger charge is -2.08. The van der Waals surface area contributed by atoms with Crippen LogP contribution in [0.2, 0.25) is 0 Å². The fraction of sp³-hybridized carbons (Fsp3) is 0.111. The minimum Gasteiger partial charge on any atom is -0.352 e. The average Bonchev–Trinajstić information content (AvgIpc) is 2.61. The highest BCUT2D eigenvalue weighted by atomic mass is 16.2. The maximum absolute atomic E-state index is 12.1. The van der Waals surface area contributed by atoms with Crippen LogP contribution in [-0.4, -0.2) is 21.8 Å². The van der Waals surface area contributed by atoms with Crippen LogP contribution in [0.4, 0.5) is 5.69 Å². The summed E-state index contributed by atoms with van der Waals surface area (Å²) in [5, 5.41) is 6.36. The van der Waals surface area contributed by atoms with Crippen molar-refractivity contribution in [2.24, 2.45) is 0 Å². The molecule has 120 valence electrons. The molecule has 6 nitrogen and oxygen atoms in total. The first-order valence-electron chi connectivity index (χ1n) is 7.51. The number of benzene rings is 1. The van der Waals surface area contributed by atoms with Crippen molar-refractivity contribution < 1.29 is 9.59 Å². The Labute approximate surface area is 138 Å². The van der Waals surface area contributed by atoms with E-state index in [9.17, 15) is 9.59 Å². The van der Waals surface area contributed by atoms with Crippen LogP contribution < -0.4 is 10.6 Å². The van der Waals surface area contributed by atoms with Gasteiger partial charge >= 0.3 is 0 Å². The Kier molecular flexibility index (Phi) is 4.76. The SMILES string of the molecule is O=C(CC(=O)Nc1cccc2cccnc12)NCc1cccnc1. The van der Waals surface area contributed by atoms with Crippen LogP contribution in [0, 0.1) is 0 Å². The van der Waals surface area contributed by atoms with Gasteiger partial charge in [0.05, 0.1) is 11.2 Å². The van der Waals surface area contributed by atoms with Gasteiger partial charge in [0.1, 0.15) is 6.42 Å². The topological polar surface area (TPSA) is 84.0 Å². The van der Waals surface area contributed by atoms with E-state index in [1.165, 1.54) is 0 Å². The Balaban J connectivity index is 1.58. The second-order valence-corrected chi connectivity index (χ2v) is 5.24. The lowest BCUT2D eigenvalue weighted by molar-refractivity contribution is -0.126. The molecular weight excluding hydrogens is 304 g/mol. The summed E-state index contributed by atoms with van der Waals surface area (Å²) in [5.74, 6) is -0.721. The largest absolute Gasteiger partial charge is 0.352 e. The third-order valence-electron chi connectivity index (χ3n) is 3.44. The minimum absolute atomic E-state index is 0.247. The average molecular weight is 320 g/mol. The maximum atomic E-state index is 12.1. The van der Waals surface area contributed by atoms with Gasteiger partial charge in [-0.15, -0.1) is 0 Å². The van der Waals surface area contributed by atoms with Gasteiger partial charge in [-0.25, -0.2) is 0 Å². The molecule has 0 fully saturated rings. The summed E-state index contributed by atoms with van der Waals surface area (Å²) in [4.78, 5) is 32.2. The zero-order chi connectivity index (χ0) is 16.8. The standard InChI is InChI=1S/C18H16N4O2/c23-16(21-12-13-4-2-8-19-11-13)10-17(24)22-15-7-1-5-14-6-3-9-20-18(14)15/h1-9,11H,10,12H2,(H,21,23)(H,22,24). The molecule has 0 aliphatic carbocycles. The van der Waals surface area contributed by atoms with Gasteiger partial charge in [0.15, 0.2) is 0 Å². The van der Waals surface area contributed by atoms with Gasteiger partial charge in [-0.05, 0) is 23.8 Å². The van der Waals surface area contributed by atoms with Gasteiger partial charge in [-0.3, -0.25) is 19.6 Å². The van der Waals surface area contributed by atoms with E-state index < -0.39 is 0 Å². The van der Waals surface area contributed by atoms with Crippen molar-refractivity contribution in [2.45, 2.75) is 13.0 Å². The first-order chi connectivity index (χ1) is 11.7. The number of carbonyl (C=O) groups excluding carboxylic acids is 2. The van der Waals surface area contributed by atoms with E-state index in [0.29, 0.717) is 17.7 Å². The lowest BCUT2D eigenvalue weighted by atomic mass is 10.2. The van der Waals surface area contributed by atoms with Crippen molar-refractivity contribution in [3.05, 3.63) is 66.6 Å². The summed E-state index contributed by atoms with van der Waals surface area (Å²) in [6.45, 7) is 0.343. The highest BCUT2D eigenvalue weighted by molar-refractivity contribution is 6.06. The molecule has 0 unspecified atom stereocenters. The van der Waals surface area contributed by atoms with E-state index >= 15 is 0 Å². The van der Waals surface area contributed by atoms with Crippen LogP contribution in [0.3, 0.4) is 0 Å². The van der Waals surface area contributed by atoms with E-state index in [1.807, 2.05) is 30.3 Å². The van der Waals surface area contributed by atoms with E-state index in [-0.39, 0.29) is 18.2 Å². The number of anilines is 1. The summed E-state index contributed by atoms with van der Waals surface area (Å²) in [5.41, 5.74) is 2.17. The molecule has 0 saturated heterocycles. The molecule has 3 rings (SSSR count). The van der Waals surface area contributed by atoms with Crippen LogP contribution in [0.25, 0.3) is 10.9 Å². The molecule has 2 heterocycles. The van der Waals surface area contributed by atoms with Crippen LogP contribution in [-0.2, 0) is 16.1 Å². The van der Waals surface area contributed by atoms with Crippen molar-refractivity contribution in [2.75, 3.05) is 5.32 Å². The quantitative estimate of drug-likeness (QED) is 0.706. The molecular formula is C18H16N4O2. The second kappa shape index (κ2) is 7.32. The predicted octanol–water partition coefficient (Wildman–Crippen LogP) is 2.27. The van der Waals surface area contributed by atoms with Crippen LogP contribution >= 0.6 is 0 Å². The molecule has 2 amide bonds. The molecule has 24 heavy (non-hydrogen) atoms. The Morgan fingerprint density at radius 2 is 1.79 bits per heavy atom. The predicted molar refractivity (Wildman–Crippen MR) is 91.1 cm³/mol. The lowest BCUT2D eigenvalue weighted by Crippen LogP contribution is -2.27. The van der Waals surface area contributed by atoms with E-state index in [0.717, 1.165) is 10.9 Å². The molecule has 0 atom stereocenters. The molecule has 2 N–H and O–H groups in total. The van der Waals surface area contributed by atoms with Crippen molar-refractivity contribution in [3.63, 3.8) is 0 Å². The number of rotatable bonds is 5. The molecule has 0 saturated carbocycles. The van der Waals surface area contributed by atoms with Gasteiger partial charge in [-0.1, -0.05) is 24.3 Å². The fourth-order valence-electron chi connectivity index (χ4n) is 2.31. The van der Waals surface area contributed by atoms with E-state index in [2.05, 4.69) is 20.6 Å². The molecule has 2 aromatic heterocycles. The van der Waals surface area contributed by atoms with Gasteiger partial charge in [-0.2, -0.15) is 0 Å². The smallest absolute Gasteiger partial charge is 0.233 e.